The summed E-state index contributed by atoms with van der Waals surface area (Å²) in [7, 11) is 4.39. The predicted molar refractivity (Wildman–Crippen MR) is 137 cm³/mol. The molecule has 2 heterocycles. The molecule has 0 radical (unpaired) electrons. The first kappa shape index (κ1) is 23.0. The van der Waals surface area contributed by atoms with Gasteiger partial charge in [0.2, 0.25) is 0 Å². The number of nitrogens with zero attached hydrogens (tertiary/aromatic N) is 1. The minimum absolute atomic E-state index is 0.304. The Labute approximate surface area is 214 Å². The van der Waals surface area contributed by atoms with Gasteiger partial charge in [-0.15, -0.1) is 0 Å². The lowest BCUT2D eigenvalue weighted by Gasteiger charge is -2.36. The van der Waals surface area contributed by atoms with Crippen molar-refractivity contribution in [3.63, 3.8) is 0 Å². The molecule has 0 N–H and O–H groups in total. The van der Waals surface area contributed by atoms with Gasteiger partial charge in [0.05, 0.1) is 27.4 Å². The molecule has 7 nitrogen and oxygen atoms in total. The zero-order chi connectivity index (χ0) is 25.9. The number of ketones is 2. The van der Waals surface area contributed by atoms with Gasteiger partial charge in [-0.05, 0) is 17.7 Å². The quantitative estimate of drug-likeness (QED) is 0.394. The number of fused-ring (bicyclic) bond motifs is 5. The lowest BCUT2D eigenvalue weighted by Crippen LogP contribution is -2.48. The molecular weight excluding hydrogens is 470 g/mol. The lowest BCUT2D eigenvalue weighted by molar-refractivity contribution is -0.142. The van der Waals surface area contributed by atoms with E-state index in [1.807, 2.05) is 41.3 Å². The van der Waals surface area contributed by atoms with Crippen molar-refractivity contribution < 1.29 is 28.6 Å². The van der Waals surface area contributed by atoms with Crippen molar-refractivity contribution >= 4 is 29.3 Å². The largest absolute Gasteiger partial charge is 0.497 e. The number of methoxy groups -OCH3 is 3. The molecule has 6 rings (SSSR count). The third-order valence-corrected chi connectivity index (χ3v) is 7.93. The number of carbonyl (C=O) groups is 3. The van der Waals surface area contributed by atoms with E-state index in [1.165, 1.54) is 14.2 Å². The lowest BCUT2D eigenvalue weighted by atomic mass is 9.64. The van der Waals surface area contributed by atoms with E-state index in [2.05, 4.69) is 0 Å². The molecule has 3 aromatic rings. The highest BCUT2D eigenvalue weighted by Crippen LogP contribution is 2.61. The molecule has 1 spiro atoms. The summed E-state index contributed by atoms with van der Waals surface area (Å²) in [6.07, 6.45) is 3.79. The molecule has 7 heteroatoms. The number of Topliss-reactive ketones (excluding diaryl/α,β-unsaturated/α-hetero) is 2. The van der Waals surface area contributed by atoms with Crippen LogP contribution in [0.3, 0.4) is 0 Å². The monoisotopic (exact) mass is 495 g/mol. The fourth-order valence-electron chi connectivity index (χ4n) is 6.43. The normalized spacial score (nSPS) is 22.5. The first-order chi connectivity index (χ1) is 18.0. The molecule has 3 aromatic carbocycles. The van der Waals surface area contributed by atoms with Crippen molar-refractivity contribution in [3.05, 3.63) is 95.1 Å². The van der Waals surface area contributed by atoms with Gasteiger partial charge in [-0.1, -0.05) is 60.7 Å². The first-order valence-corrected chi connectivity index (χ1v) is 12.0. The average molecular weight is 496 g/mol. The van der Waals surface area contributed by atoms with Crippen LogP contribution in [-0.2, 0) is 9.53 Å². The summed E-state index contributed by atoms with van der Waals surface area (Å²) in [6.45, 7) is 0. The number of hydrogen-bond acceptors (Lipinski definition) is 7. The van der Waals surface area contributed by atoms with E-state index in [0.29, 0.717) is 28.2 Å². The van der Waals surface area contributed by atoms with Crippen LogP contribution in [0.2, 0.25) is 0 Å². The van der Waals surface area contributed by atoms with Crippen molar-refractivity contribution in [1.82, 2.24) is 0 Å². The molecule has 1 fully saturated rings. The highest BCUT2D eigenvalue weighted by Gasteiger charge is 2.72. The van der Waals surface area contributed by atoms with Crippen molar-refractivity contribution in [2.24, 2.45) is 5.41 Å². The molecule has 186 valence electrons. The van der Waals surface area contributed by atoms with Crippen LogP contribution in [0.15, 0.2) is 72.8 Å². The fraction of sp³-hybridized carbons (Fsp3) is 0.233. The Hall–Kier alpha value is -4.39. The molecule has 0 bridgehead atoms. The van der Waals surface area contributed by atoms with Gasteiger partial charge in [0.1, 0.15) is 23.0 Å². The Balaban J connectivity index is 1.70. The Bertz CT molecular complexity index is 1460. The van der Waals surface area contributed by atoms with Crippen LogP contribution < -0.4 is 14.4 Å². The second kappa shape index (κ2) is 8.34. The van der Waals surface area contributed by atoms with E-state index in [1.54, 1.807) is 49.6 Å². The van der Waals surface area contributed by atoms with Gasteiger partial charge in [-0.2, -0.15) is 0 Å². The topological polar surface area (TPSA) is 82.1 Å². The Kier molecular flexibility index (Phi) is 5.19. The third kappa shape index (κ3) is 2.91. The molecule has 0 amide bonds. The summed E-state index contributed by atoms with van der Waals surface area (Å²) in [5.41, 5.74) is 1.34. The maximum Gasteiger partial charge on any atom is 0.329 e. The molecule has 1 saturated heterocycles. The van der Waals surface area contributed by atoms with Crippen LogP contribution >= 0.6 is 0 Å². The maximum absolute atomic E-state index is 14.5. The molecule has 0 saturated carbocycles. The minimum atomic E-state index is -1.60. The van der Waals surface area contributed by atoms with Crippen LogP contribution in [0, 0.1) is 5.41 Å². The summed E-state index contributed by atoms with van der Waals surface area (Å²) in [4.78, 5) is 44.4. The molecule has 37 heavy (non-hydrogen) atoms. The Morgan fingerprint density at radius 1 is 0.865 bits per heavy atom. The zero-order valence-corrected chi connectivity index (χ0v) is 20.6. The van der Waals surface area contributed by atoms with Crippen LogP contribution in [0.1, 0.15) is 37.8 Å². The van der Waals surface area contributed by atoms with E-state index in [0.717, 1.165) is 11.3 Å². The molecular formula is C30H25NO6. The van der Waals surface area contributed by atoms with Gasteiger partial charge in [-0.3, -0.25) is 9.59 Å². The predicted octanol–water partition coefficient (Wildman–Crippen LogP) is 4.31. The number of para-hydroxylation sites is 1. The summed E-state index contributed by atoms with van der Waals surface area (Å²) >= 11 is 0. The molecule has 2 aliphatic heterocycles. The number of carbonyl (C=O) groups excluding carboxylic acids is 3. The van der Waals surface area contributed by atoms with E-state index < -0.39 is 29.4 Å². The highest BCUT2D eigenvalue weighted by atomic mass is 16.5. The number of anilines is 1. The van der Waals surface area contributed by atoms with Gasteiger partial charge in [0.15, 0.2) is 11.6 Å². The maximum atomic E-state index is 14.5. The second-order valence-electron chi connectivity index (χ2n) is 9.40. The van der Waals surface area contributed by atoms with Crippen LogP contribution in [0.4, 0.5) is 5.69 Å². The van der Waals surface area contributed by atoms with E-state index in [4.69, 9.17) is 14.2 Å². The Morgan fingerprint density at radius 3 is 2.19 bits per heavy atom. The van der Waals surface area contributed by atoms with Gasteiger partial charge in [-0.25, -0.2) is 4.79 Å². The minimum Gasteiger partial charge on any atom is -0.497 e. The first-order valence-electron chi connectivity index (χ1n) is 12.0. The van der Waals surface area contributed by atoms with Crippen molar-refractivity contribution in [2.75, 3.05) is 26.2 Å². The second-order valence-corrected chi connectivity index (χ2v) is 9.40. The number of benzene rings is 3. The van der Waals surface area contributed by atoms with Crippen molar-refractivity contribution in [3.8, 4) is 11.5 Å². The van der Waals surface area contributed by atoms with E-state index in [-0.39, 0.29) is 11.6 Å². The molecule has 1 aliphatic carbocycles. The smallest absolute Gasteiger partial charge is 0.329 e. The number of hydrogen-bond donors (Lipinski definition) is 0. The Morgan fingerprint density at radius 2 is 1.54 bits per heavy atom. The van der Waals surface area contributed by atoms with Crippen LogP contribution in [0.5, 0.6) is 11.5 Å². The van der Waals surface area contributed by atoms with Gasteiger partial charge in [0.25, 0.3) is 0 Å². The molecule has 3 aliphatic rings. The van der Waals surface area contributed by atoms with Crippen LogP contribution in [-0.4, -0.2) is 50.9 Å². The molecule has 3 atom stereocenters. The third-order valence-electron chi connectivity index (χ3n) is 7.93. The van der Waals surface area contributed by atoms with Gasteiger partial charge < -0.3 is 19.1 Å². The van der Waals surface area contributed by atoms with Crippen molar-refractivity contribution in [2.45, 2.75) is 18.0 Å². The zero-order valence-electron chi connectivity index (χ0n) is 20.6. The van der Waals surface area contributed by atoms with Crippen molar-refractivity contribution in [1.29, 1.82) is 0 Å². The van der Waals surface area contributed by atoms with Crippen LogP contribution in [0.25, 0.3) is 6.08 Å². The van der Waals surface area contributed by atoms with Gasteiger partial charge in [0, 0.05) is 34.4 Å². The highest BCUT2D eigenvalue weighted by molar-refractivity contribution is 6.32. The number of ether oxygens (including phenoxy) is 3. The number of rotatable bonds is 4. The molecule has 0 unspecified atom stereocenters. The van der Waals surface area contributed by atoms with E-state index >= 15 is 0 Å². The summed E-state index contributed by atoms with van der Waals surface area (Å²) in [5.74, 6) is -1.06. The summed E-state index contributed by atoms with van der Waals surface area (Å²) in [6, 6.07) is 18.1. The van der Waals surface area contributed by atoms with E-state index in [9.17, 15) is 14.4 Å². The van der Waals surface area contributed by atoms with Gasteiger partial charge >= 0.3 is 5.97 Å². The standard InChI is InChI=1S/C30H25NO6/c1-35-18-13-14-21(23(16-18)36-2)25-26(29(34)37-3)31-22-11-7-4-8-17(22)12-15-24(31)30(25)27(32)19-9-5-6-10-20(19)28(30)33/h4-16,24-26H,1-3H3/t24-,25+,26+/m0/s1. The average Bonchev–Trinajstić information content (AvgIpc) is 3.38. The molecule has 0 aromatic heterocycles. The summed E-state index contributed by atoms with van der Waals surface area (Å²) in [5, 5.41) is 0. The number of esters is 1. The SMILES string of the molecule is COC(=O)[C@H]1[C@@H](c2ccc(OC)cc2OC)C2(C(=O)c3ccccc3C2=O)[C@@H]2C=Cc3ccccc3N21. The summed E-state index contributed by atoms with van der Waals surface area (Å²) < 4.78 is 16.5. The fourth-order valence-corrected chi connectivity index (χ4v) is 6.43.